The van der Waals surface area contributed by atoms with Crippen LogP contribution < -0.4 is 10.6 Å². The summed E-state index contributed by atoms with van der Waals surface area (Å²) >= 11 is 0. The van der Waals surface area contributed by atoms with Crippen molar-refractivity contribution in [3.05, 3.63) is 0 Å². The SMILES string of the molecule is CCC(O)CCNC(=O)NC1CC(C)(C)OC1(C)C. The second-order valence-electron chi connectivity index (χ2n) is 6.47. The molecule has 1 fully saturated rings. The summed E-state index contributed by atoms with van der Waals surface area (Å²) in [6, 6.07) is -0.193. The molecule has 0 aromatic rings. The minimum absolute atomic E-state index is 0.00130. The van der Waals surface area contributed by atoms with Gasteiger partial charge in [-0.1, -0.05) is 6.92 Å². The first-order chi connectivity index (χ1) is 8.66. The van der Waals surface area contributed by atoms with Gasteiger partial charge >= 0.3 is 6.03 Å². The molecule has 1 aliphatic heterocycles. The maximum Gasteiger partial charge on any atom is 0.315 e. The molecule has 1 saturated heterocycles. The number of ether oxygens (including phenoxy) is 1. The third-order valence-electron chi connectivity index (χ3n) is 3.61. The number of rotatable bonds is 5. The minimum atomic E-state index is -0.357. The van der Waals surface area contributed by atoms with Crippen LogP contribution in [-0.2, 0) is 4.74 Å². The zero-order valence-corrected chi connectivity index (χ0v) is 12.7. The van der Waals surface area contributed by atoms with Gasteiger partial charge in [0.2, 0.25) is 0 Å². The van der Waals surface area contributed by atoms with Crippen LogP contribution in [0.3, 0.4) is 0 Å². The van der Waals surface area contributed by atoms with Crippen LogP contribution in [0.5, 0.6) is 0 Å². The molecule has 0 saturated carbocycles. The molecule has 5 heteroatoms. The Bertz CT molecular complexity index is 316. The smallest absolute Gasteiger partial charge is 0.315 e. The summed E-state index contributed by atoms with van der Waals surface area (Å²) in [5.41, 5.74) is -0.566. The van der Waals surface area contributed by atoms with Crippen LogP contribution in [0.15, 0.2) is 0 Å². The molecule has 2 atom stereocenters. The second-order valence-corrected chi connectivity index (χ2v) is 6.47. The van der Waals surface area contributed by atoms with Crippen molar-refractivity contribution in [2.45, 2.75) is 77.2 Å². The fourth-order valence-corrected chi connectivity index (χ4v) is 2.55. The molecule has 1 rings (SSSR count). The fraction of sp³-hybridized carbons (Fsp3) is 0.929. The highest BCUT2D eigenvalue weighted by atomic mass is 16.5. The molecule has 1 aliphatic rings. The van der Waals surface area contributed by atoms with E-state index < -0.39 is 0 Å². The van der Waals surface area contributed by atoms with Gasteiger partial charge in [0.15, 0.2) is 0 Å². The number of hydrogen-bond acceptors (Lipinski definition) is 3. The van der Waals surface area contributed by atoms with Crippen LogP contribution in [0.4, 0.5) is 4.79 Å². The van der Waals surface area contributed by atoms with Gasteiger partial charge in [0, 0.05) is 6.54 Å². The molecule has 0 bridgehead atoms. The average Bonchev–Trinajstić information content (AvgIpc) is 2.46. The highest BCUT2D eigenvalue weighted by Gasteiger charge is 2.46. The van der Waals surface area contributed by atoms with Gasteiger partial charge in [0.1, 0.15) is 0 Å². The zero-order chi connectivity index (χ0) is 14.7. The summed E-state index contributed by atoms with van der Waals surface area (Å²) in [7, 11) is 0. The minimum Gasteiger partial charge on any atom is -0.393 e. The molecule has 112 valence electrons. The Balaban J connectivity index is 2.36. The first-order valence-corrected chi connectivity index (χ1v) is 7.09. The predicted molar refractivity (Wildman–Crippen MR) is 75.1 cm³/mol. The second kappa shape index (κ2) is 6.09. The molecule has 1 heterocycles. The van der Waals surface area contributed by atoms with Gasteiger partial charge in [-0.3, -0.25) is 0 Å². The number of hydrogen-bond donors (Lipinski definition) is 3. The normalized spacial score (nSPS) is 25.9. The molecular weight excluding hydrogens is 244 g/mol. The predicted octanol–water partition coefficient (Wildman–Crippen LogP) is 1.79. The molecule has 2 amide bonds. The molecule has 19 heavy (non-hydrogen) atoms. The van der Waals surface area contributed by atoms with Crippen LogP contribution >= 0.6 is 0 Å². The zero-order valence-electron chi connectivity index (χ0n) is 12.7. The fourth-order valence-electron chi connectivity index (χ4n) is 2.55. The number of aliphatic hydroxyl groups is 1. The third-order valence-corrected chi connectivity index (χ3v) is 3.61. The Kier molecular flexibility index (Phi) is 5.21. The Labute approximate surface area is 116 Å². The van der Waals surface area contributed by atoms with E-state index in [9.17, 15) is 9.90 Å². The molecule has 0 radical (unpaired) electrons. The number of urea groups is 1. The van der Waals surface area contributed by atoms with E-state index in [0.717, 1.165) is 6.42 Å². The van der Waals surface area contributed by atoms with Gasteiger partial charge in [-0.2, -0.15) is 0 Å². The maximum atomic E-state index is 11.8. The molecule has 0 aromatic heterocycles. The molecule has 0 spiro atoms. The van der Waals surface area contributed by atoms with Gasteiger partial charge in [-0.15, -0.1) is 0 Å². The van der Waals surface area contributed by atoms with Crippen LogP contribution in [0.25, 0.3) is 0 Å². The first-order valence-electron chi connectivity index (χ1n) is 7.09. The number of nitrogens with one attached hydrogen (secondary N) is 2. The maximum absolute atomic E-state index is 11.8. The molecule has 3 N–H and O–H groups in total. The van der Waals surface area contributed by atoms with E-state index in [1.165, 1.54) is 0 Å². The summed E-state index contributed by atoms with van der Waals surface area (Å²) in [5.74, 6) is 0. The monoisotopic (exact) mass is 272 g/mol. The van der Waals surface area contributed by atoms with Crippen molar-refractivity contribution in [2.24, 2.45) is 0 Å². The highest BCUT2D eigenvalue weighted by Crippen LogP contribution is 2.37. The van der Waals surface area contributed by atoms with Crippen LogP contribution in [0.1, 0.15) is 53.9 Å². The van der Waals surface area contributed by atoms with Crippen molar-refractivity contribution >= 4 is 6.03 Å². The van der Waals surface area contributed by atoms with Gasteiger partial charge in [-0.25, -0.2) is 4.79 Å². The summed E-state index contributed by atoms with van der Waals surface area (Å²) in [4.78, 5) is 11.8. The van der Waals surface area contributed by atoms with Crippen molar-refractivity contribution in [2.75, 3.05) is 6.54 Å². The van der Waals surface area contributed by atoms with Crippen molar-refractivity contribution < 1.29 is 14.6 Å². The lowest BCUT2D eigenvalue weighted by Crippen LogP contribution is -2.50. The summed E-state index contributed by atoms with van der Waals surface area (Å²) in [6.45, 7) is 10.5. The van der Waals surface area contributed by atoms with Gasteiger partial charge < -0.3 is 20.5 Å². The Morgan fingerprint density at radius 2 is 2.05 bits per heavy atom. The first kappa shape index (κ1) is 16.2. The molecular formula is C14H28N2O3. The molecule has 2 unspecified atom stereocenters. The van der Waals surface area contributed by atoms with Crippen LogP contribution in [0, 0.1) is 0 Å². The van der Waals surface area contributed by atoms with Gasteiger partial charge in [0.05, 0.1) is 23.3 Å². The van der Waals surface area contributed by atoms with E-state index in [1.54, 1.807) is 0 Å². The molecule has 0 aliphatic carbocycles. The van der Waals surface area contributed by atoms with E-state index >= 15 is 0 Å². The summed E-state index contributed by atoms with van der Waals surface area (Å²) < 4.78 is 5.93. The van der Waals surface area contributed by atoms with E-state index in [4.69, 9.17) is 4.74 Å². The van der Waals surface area contributed by atoms with Crippen molar-refractivity contribution in [3.63, 3.8) is 0 Å². The summed E-state index contributed by atoms with van der Waals surface area (Å²) in [5, 5.41) is 15.1. The quantitative estimate of drug-likeness (QED) is 0.714. The Morgan fingerprint density at radius 1 is 1.42 bits per heavy atom. The third kappa shape index (κ3) is 4.99. The van der Waals surface area contributed by atoms with Crippen molar-refractivity contribution in [1.82, 2.24) is 10.6 Å². The highest BCUT2D eigenvalue weighted by molar-refractivity contribution is 5.74. The number of amides is 2. The summed E-state index contributed by atoms with van der Waals surface area (Å²) in [6.07, 6.45) is 1.75. The number of carbonyl (C=O) groups excluding carboxylic acids is 1. The lowest BCUT2D eigenvalue weighted by molar-refractivity contribution is -0.0690. The molecule has 0 aromatic carbocycles. The standard InChI is InChI=1S/C14H28N2O3/c1-6-10(17)7-8-15-12(18)16-11-9-13(2,3)19-14(11,4)5/h10-11,17H,6-9H2,1-5H3,(H2,15,16,18). The van der Waals surface area contributed by atoms with E-state index in [0.29, 0.717) is 19.4 Å². The van der Waals surface area contributed by atoms with Gasteiger partial charge in [0.25, 0.3) is 0 Å². The lowest BCUT2D eigenvalue weighted by atomic mass is 9.95. The average molecular weight is 272 g/mol. The lowest BCUT2D eigenvalue weighted by Gasteiger charge is -2.27. The Hall–Kier alpha value is -0.810. The van der Waals surface area contributed by atoms with E-state index in [-0.39, 0.29) is 29.4 Å². The van der Waals surface area contributed by atoms with Crippen molar-refractivity contribution in [3.8, 4) is 0 Å². The van der Waals surface area contributed by atoms with Crippen LogP contribution in [0.2, 0.25) is 0 Å². The Morgan fingerprint density at radius 3 is 2.53 bits per heavy atom. The number of aliphatic hydroxyl groups excluding tert-OH is 1. The van der Waals surface area contributed by atoms with E-state index in [2.05, 4.69) is 10.6 Å². The van der Waals surface area contributed by atoms with Gasteiger partial charge in [-0.05, 0) is 47.0 Å². The molecule has 5 nitrogen and oxygen atoms in total. The van der Waals surface area contributed by atoms with Crippen LogP contribution in [-0.4, -0.2) is 41.0 Å². The topological polar surface area (TPSA) is 70.6 Å². The van der Waals surface area contributed by atoms with E-state index in [1.807, 2.05) is 34.6 Å². The number of carbonyl (C=O) groups is 1. The largest absolute Gasteiger partial charge is 0.393 e. The van der Waals surface area contributed by atoms with Crippen molar-refractivity contribution in [1.29, 1.82) is 0 Å².